The van der Waals surface area contributed by atoms with Crippen molar-refractivity contribution in [2.24, 2.45) is 5.73 Å². The van der Waals surface area contributed by atoms with Gasteiger partial charge in [-0.2, -0.15) is 5.10 Å². The molecule has 1 atom stereocenters. The van der Waals surface area contributed by atoms with Crippen LogP contribution in [0, 0.1) is 11.8 Å². The Morgan fingerprint density at radius 1 is 1.24 bits per heavy atom. The number of carbonyl (C=O) groups excluding carboxylic acids is 3. The fraction of sp³-hybridized carbons (Fsp3) is 0.391. The summed E-state index contributed by atoms with van der Waals surface area (Å²) in [6, 6.07) is 4.22. The molecule has 34 heavy (non-hydrogen) atoms. The highest BCUT2D eigenvalue weighted by Crippen LogP contribution is 2.28. The van der Waals surface area contributed by atoms with Crippen molar-refractivity contribution >= 4 is 35.4 Å². The summed E-state index contributed by atoms with van der Waals surface area (Å²) in [5, 5.41) is 4.71. The summed E-state index contributed by atoms with van der Waals surface area (Å²) in [7, 11) is 1.27. The van der Waals surface area contributed by atoms with Crippen molar-refractivity contribution < 1.29 is 23.9 Å². The maximum absolute atomic E-state index is 12.4. The third-order valence-electron chi connectivity index (χ3n) is 5.06. The molecular weight excluding hydrogens is 462 g/mol. The first-order chi connectivity index (χ1) is 15.9. The van der Waals surface area contributed by atoms with Crippen LogP contribution in [0.25, 0.3) is 0 Å². The molecule has 11 heteroatoms. The van der Waals surface area contributed by atoms with Gasteiger partial charge in [0.1, 0.15) is 17.0 Å². The molecule has 1 fully saturated rings. The SMILES string of the molecule is COC(=O)c1ccc(Cl)c(C#Cc2nn([C@H]3CCN(C(=O)OC(C)(C)C)C3)c(N)c2C(N)=O)c1. The predicted molar refractivity (Wildman–Crippen MR) is 125 cm³/mol. The van der Waals surface area contributed by atoms with Crippen LogP contribution in [-0.2, 0) is 9.47 Å². The molecule has 2 amide bonds. The van der Waals surface area contributed by atoms with E-state index in [1.54, 1.807) is 25.7 Å². The zero-order valence-corrected chi connectivity index (χ0v) is 20.1. The number of hydrogen-bond donors (Lipinski definition) is 2. The molecule has 3 rings (SSSR count). The number of nitrogens with two attached hydrogens (primary N) is 2. The Morgan fingerprint density at radius 3 is 2.56 bits per heavy atom. The fourth-order valence-corrected chi connectivity index (χ4v) is 3.65. The van der Waals surface area contributed by atoms with Crippen LogP contribution >= 0.6 is 11.6 Å². The number of hydrogen-bond acceptors (Lipinski definition) is 7. The van der Waals surface area contributed by atoms with Gasteiger partial charge in [0.15, 0.2) is 5.69 Å². The number of halogens is 1. The van der Waals surface area contributed by atoms with Gasteiger partial charge < -0.3 is 25.8 Å². The lowest BCUT2D eigenvalue weighted by Gasteiger charge is -2.24. The molecule has 1 aliphatic rings. The van der Waals surface area contributed by atoms with Crippen molar-refractivity contribution in [3.8, 4) is 11.8 Å². The van der Waals surface area contributed by atoms with Gasteiger partial charge in [-0.1, -0.05) is 17.5 Å². The molecule has 0 unspecified atom stereocenters. The Bertz CT molecular complexity index is 1200. The van der Waals surface area contributed by atoms with Crippen LogP contribution in [0.15, 0.2) is 18.2 Å². The van der Waals surface area contributed by atoms with Crippen molar-refractivity contribution in [2.75, 3.05) is 25.9 Å². The van der Waals surface area contributed by atoms with Crippen LogP contribution in [-0.4, -0.2) is 58.5 Å². The number of anilines is 1. The number of benzene rings is 1. The second-order valence-electron chi connectivity index (χ2n) is 8.72. The molecule has 2 aromatic rings. The number of rotatable bonds is 3. The van der Waals surface area contributed by atoms with Gasteiger partial charge in [-0.15, -0.1) is 0 Å². The van der Waals surface area contributed by atoms with Gasteiger partial charge in [0, 0.05) is 18.7 Å². The van der Waals surface area contributed by atoms with Gasteiger partial charge in [0.05, 0.1) is 23.7 Å². The topological polar surface area (TPSA) is 143 Å². The number of aromatic nitrogens is 2. The lowest BCUT2D eigenvalue weighted by molar-refractivity contribution is 0.0288. The fourth-order valence-electron chi connectivity index (χ4n) is 3.48. The highest BCUT2D eigenvalue weighted by molar-refractivity contribution is 6.31. The number of nitrogens with zero attached hydrogens (tertiary/aromatic N) is 3. The van der Waals surface area contributed by atoms with Gasteiger partial charge in [0.25, 0.3) is 5.91 Å². The molecule has 0 saturated carbocycles. The van der Waals surface area contributed by atoms with E-state index < -0.39 is 23.6 Å². The first-order valence-corrected chi connectivity index (χ1v) is 10.8. The maximum Gasteiger partial charge on any atom is 0.410 e. The number of carbonyl (C=O) groups is 3. The smallest absolute Gasteiger partial charge is 0.410 e. The van der Waals surface area contributed by atoms with Gasteiger partial charge in [-0.25, -0.2) is 14.3 Å². The van der Waals surface area contributed by atoms with Gasteiger partial charge in [-0.3, -0.25) is 4.79 Å². The van der Waals surface area contributed by atoms with Crippen LogP contribution in [0.2, 0.25) is 5.02 Å². The summed E-state index contributed by atoms with van der Waals surface area (Å²) in [4.78, 5) is 37.9. The van der Waals surface area contributed by atoms with Crippen molar-refractivity contribution in [3.05, 3.63) is 45.6 Å². The summed E-state index contributed by atoms with van der Waals surface area (Å²) in [6.07, 6.45) is 0.124. The normalized spacial score (nSPS) is 15.4. The van der Waals surface area contributed by atoms with E-state index in [4.69, 9.17) is 32.5 Å². The summed E-state index contributed by atoms with van der Waals surface area (Å²) < 4.78 is 11.6. The number of amides is 2. The Morgan fingerprint density at radius 2 is 1.94 bits per heavy atom. The van der Waals surface area contributed by atoms with Gasteiger partial charge in [-0.05, 0) is 51.3 Å². The van der Waals surface area contributed by atoms with Crippen molar-refractivity contribution in [1.29, 1.82) is 0 Å². The Labute approximate surface area is 202 Å². The second kappa shape index (κ2) is 9.65. The van der Waals surface area contributed by atoms with Crippen LogP contribution in [0.4, 0.5) is 10.6 Å². The third-order valence-corrected chi connectivity index (χ3v) is 5.39. The molecule has 0 aliphatic carbocycles. The van der Waals surface area contributed by atoms with E-state index >= 15 is 0 Å². The molecule has 0 radical (unpaired) electrons. The minimum atomic E-state index is -0.788. The second-order valence-corrected chi connectivity index (χ2v) is 9.13. The standard InChI is InChI=1S/C23H26ClN5O5/c1-23(2,3)34-22(32)28-10-9-15(12-28)29-19(25)18(20(26)30)17(27-29)8-6-13-11-14(21(31)33-4)5-7-16(13)24/h5,7,11,15H,9-10,12,25H2,1-4H3,(H2,26,30)/t15-/m0/s1. The van der Waals surface area contributed by atoms with E-state index in [0.29, 0.717) is 30.1 Å². The van der Waals surface area contributed by atoms with Crippen molar-refractivity contribution in [3.63, 3.8) is 0 Å². The largest absolute Gasteiger partial charge is 0.465 e. The Hall–Kier alpha value is -3.71. The minimum absolute atomic E-state index is 0.0246. The molecule has 1 aliphatic heterocycles. The van der Waals surface area contributed by atoms with E-state index in [2.05, 4.69) is 16.9 Å². The summed E-state index contributed by atoms with van der Waals surface area (Å²) >= 11 is 6.20. The summed E-state index contributed by atoms with van der Waals surface area (Å²) in [6.45, 7) is 6.13. The van der Waals surface area contributed by atoms with Crippen molar-refractivity contribution in [2.45, 2.75) is 38.8 Å². The number of likely N-dealkylation sites (tertiary alicyclic amines) is 1. The molecule has 0 bridgehead atoms. The van der Waals surface area contributed by atoms with Gasteiger partial charge in [0.2, 0.25) is 0 Å². The molecule has 0 spiro atoms. The Balaban J connectivity index is 1.91. The van der Waals surface area contributed by atoms with Crippen molar-refractivity contribution in [1.82, 2.24) is 14.7 Å². The zero-order chi connectivity index (χ0) is 25.2. The number of methoxy groups -OCH3 is 1. The molecule has 4 N–H and O–H groups in total. The molecular formula is C23H26ClN5O5. The highest BCUT2D eigenvalue weighted by atomic mass is 35.5. The van der Waals surface area contributed by atoms with Gasteiger partial charge >= 0.3 is 12.1 Å². The molecule has 10 nitrogen and oxygen atoms in total. The molecule has 1 saturated heterocycles. The summed E-state index contributed by atoms with van der Waals surface area (Å²) in [5.74, 6) is 4.33. The quantitative estimate of drug-likeness (QED) is 0.500. The lowest BCUT2D eigenvalue weighted by Crippen LogP contribution is -2.35. The van der Waals surface area contributed by atoms with E-state index in [-0.39, 0.29) is 28.7 Å². The zero-order valence-electron chi connectivity index (χ0n) is 19.3. The van der Waals surface area contributed by atoms with Crippen LogP contribution in [0.1, 0.15) is 65.2 Å². The average Bonchev–Trinajstić information content (AvgIpc) is 3.36. The third kappa shape index (κ3) is 5.43. The highest BCUT2D eigenvalue weighted by Gasteiger charge is 2.33. The molecule has 1 aromatic heterocycles. The first kappa shape index (κ1) is 24.9. The number of nitrogen functional groups attached to an aromatic ring is 1. The van der Waals surface area contributed by atoms with E-state index in [0.717, 1.165) is 0 Å². The monoisotopic (exact) mass is 487 g/mol. The van der Waals surface area contributed by atoms with Crippen LogP contribution in [0.5, 0.6) is 0 Å². The van der Waals surface area contributed by atoms with E-state index in [1.165, 1.54) is 30.0 Å². The molecule has 1 aromatic carbocycles. The van der Waals surface area contributed by atoms with E-state index in [1.807, 2.05) is 0 Å². The van der Waals surface area contributed by atoms with E-state index in [9.17, 15) is 14.4 Å². The number of primary amides is 1. The predicted octanol–water partition coefficient (Wildman–Crippen LogP) is 2.59. The average molecular weight is 488 g/mol. The molecule has 2 heterocycles. The van der Waals surface area contributed by atoms with Crippen LogP contribution < -0.4 is 11.5 Å². The molecule has 180 valence electrons. The Kier molecular flexibility index (Phi) is 7.07. The summed E-state index contributed by atoms with van der Waals surface area (Å²) in [5.41, 5.74) is 11.8. The minimum Gasteiger partial charge on any atom is -0.465 e. The first-order valence-electron chi connectivity index (χ1n) is 10.5. The maximum atomic E-state index is 12.4. The number of ether oxygens (including phenoxy) is 2. The lowest BCUT2D eigenvalue weighted by atomic mass is 10.1. The van der Waals surface area contributed by atoms with Crippen LogP contribution in [0.3, 0.4) is 0 Å². The number of esters is 1.